The van der Waals surface area contributed by atoms with E-state index in [0.29, 0.717) is 30.7 Å². The molecule has 1 unspecified atom stereocenters. The topological polar surface area (TPSA) is 67.6 Å². The van der Waals surface area contributed by atoms with Crippen LogP contribution in [-0.2, 0) is 9.53 Å². The normalized spacial score (nSPS) is 17.6. The highest BCUT2D eigenvalue weighted by molar-refractivity contribution is 7.80. The lowest BCUT2D eigenvalue weighted by Gasteiger charge is -2.28. The van der Waals surface area contributed by atoms with Gasteiger partial charge in [0.2, 0.25) is 5.91 Å². The number of thiocarbonyl (C=S) groups is 1. The first-order valence-electron chi connectivity index (χ1n) is 6.83. The molecule has 1 fully saturated rings. The molecule has 0 aromatic heterocycles. The van der Waals surface area contributed by atoms with Crippen molar-refractivity contribution in [2.24, 2.45) is 5.73 Å². The summed E-state index contributed by atoms with van der Waals surface area (Å²) in [6.45, 7) is 3.32. The molecule has 0 bridgehead atoms. The van der Waals surface area contributed by atoms with Gasteiger partial charge in [-0.2, -0.15) is 0 Å². The molecule has 1 rings (SSSR count). The summed E-state index contributed by atoms with van der Waals surface area (Å²) < 4.78 is 5.00. The van der Waals surface area contributed by atoms with Crippen LogP contribution in [-0.4, -0.2) is 54.7 Å². The van der Waals surface area contributed by atoms with Crippen LogP contribution in [0.15, 0.2) is 0 Å². The van der Waals surface area contributed by atoms with Crippen LogP contribution in [0, 0.1) is 0 Å². The summed E-state index contributed by atoms with van der Waals surface area (Å²) in [6.07, 6.45) is 4.70. The number of amides is 1. The quantitative estimate of drug-likeness (QED) is 0.642. The minimum atomic E-state index is 0.00713. The number of methoxy groups -OCH3 is 1. The number of nitrogens with zero attached hydrogens (tertiary/aromatic N) is 1. The van der Waals surface area contributed by atoms with Gasteiger partial charge in [0.25, 0.3) is 0 Å². The van der Waals surface area contributed by atoms with Gasteiger partial charge in [-0.15, -0.1) is 0 Å². The molecule has 1 saturated carbocycles. The molecule has 0 saturated heterocycles. The lowest BCUT2D eigenvalue weighted by atomic mass is 10.2. The Balaban J connectivity index is 2.46. The zero-order chi connectivity index (χ0) is 14.3. The van der Waals surface area contributed by atoms with Crippen molar-refractivity contribution in [3.63, 3.8) is 0 Å². The van der Waals surface area contributed by atoms with Crippen LogP contribution in [0.1, 0.15) is 32.6 Å². The fourth-order valence-corrected chi connectivity index (χ4v) is 2.75. The third kappa shape index (κ3) is 6.31. The Morgan fingerprint density at radius 1 is 1.47 bits per heavy atom. The molecule has 0 radical (unpaired) electrons. The van der Waals surface area contributed by atoms with Crippen molar-refractivity contribution >= 4 is 23.1 Å². The summed E-state index contributed by atoms with van der Waals surface area (Å²) in [5.74, 6) is 0.00713. The van der Waals surface area contributed by atoms with Crippen molar-refractivity contribution in [2.45, 2.75) is 44.7 Å². The molecule has 0 heterocycles. The van der Waals surface area contributed by atoms with E-state index in [1.165, 1.54) is 12.8 Å². The van der Waals surface area contributed by atoms with E-state index in [4.69, 9.17) is 22.7 Å². The predicted octanol–water partition coefficient (Wildman–Crippen LogP) is 0.668. The second-order valence-electron chi connectivity index (χ2n) is 5.23. The van der Waals surface area contributed by atoms with Gasteiger partial charge in [0.05, 0.1) is 18.1 Å². The molecule has 1 atom stereocenters. The molecule has 5 nitrogen and oxygen atoms in total. The SMILES string of the molecule is COCC(C)NC(=O)CN(CC(N)=S)C1CCCC1. The highest BCUT2D eigenvalue weighted by Crippen LogP contribution is 2.23. The summed E-state index contributed by atoms with van der Waals surface area (Å²) in [5.41, 5.74) is 5.62. The standard InChI is InChI=1S/C13H25N3O2S/c1-10(9-18-2)15-13(17)8-16(7-12(14)19)11-5-3-4-6-11/h10-11H,3-9H2,1-2H3,(H2,14,19)(H,15,17). The van der Waals surface area contributed by atoms with Gasteiger partial charge in [-0.1, -0.05) is 25.1 Å². The lowest BCUT2D eigenvalue weighted by Crippen LogP contribution is -2.47. The number of nitrogens with one attached hydrogen (secondary N) is 1. The average Bonchev–Trinajstić information content (AvgIpc) is 2.80. The fraction of sp³-hybridized carbons (Fsp3) is 0.846. The Morgan fingerprint density at radius 2 is 2.11 bits per heavy atom. The van der Waals surface area contributed by atoms with Crippen molar-refractivity contribution in [1.29, 1.82) is 0 Å². The zero-order valence-electron chi connectivity index (χ0n) is 11.9. The van der Waals surface area contributed by atoms with Crippen molar-refractivity contribution in [3.05, 3.63) is 0 Å². The molecule has 0 spiro atoms. The summed E-state index contributed by atoms with van der Waals surface area (Å²) in [5, 5.41) is 2.92. The Hall–Kier alpha value is -0.720. The van der Waals surface area contributed by atoms with Gasteiger partial charge in [0.15, 0.2) is 0 Å². The molecule has 3 N–H and O–H groups in total. The molecule has 0 aliphatic heterocycles. The van der Waals surface area contributed by atoms with E-state index in [-0.39, 0.29) is 11.9 Å². The van der Waals surface area contributed by atoms with Crippen molar-refractivity contribution in [3.8, 4) is 0 Å². The van der Waals surface area contributed by atoms with Crippen molar-refractivity contribution in [1.82, 2.24) is 10.2 Å². The maximum absolute atomic E-state index is 12.0. The largest absolute Gasteiger partial charge is 0.392 e. The number of rotatable bonds is 8. The Morgan fingerprint density at radius 3 is 2.63 bits per heavy atom. The van der Waals surface area contributed by atoms with Crippen LogP contribution in [0.2, 0.25) is 0 Å². The van der Waals surface area contributed by atoms with Crippen LogP contribution < -0.4 is 11.1 Å². The summed E-state index contributed by atoms with van der Waals surface area (Å²) in [4.78, 5) is 14.5. The second-order valence-corrected chi connectivity index (χ2v) is 5.76. The van der Waals surface area contributed by atoms with Gasteiger partial charge in [-0.05, 0) is 19.8 Å². The molecule has 1 amide bonds. The van der Waals surface area contributed by atoms with Gasteiger partial charge < -0.3 is 15.8 Å². The third-order valence-corrected chi connectivity index (χ3v) is 3.50. The van der Waals surface area contributed by atoms with E-state index in [2.05, 4.69) is 10.2 Å². The van der Waals surface area contributed by atoms with Crippen LogP contribution in [0.3, 0.4) is 0 Å². The van der Waals surface area contributed by atoms with Crippen LogP contribution in [0.4, 0.5) is 0 Å². The number of hydrogen-bond donors (Lipinski definition) is 2. The summed E-state index contributed by atoms with van der Waals surface area (Å²) in [7, 11) is 1.63. The Kier molecular flexibility index (Phi) is 7.27. The Bertz CT molecular complexity index is 306. The third-order valence-electron chi connectivity index (χ3n) is 3.37. The first kappa shape index (κ1) is 16.3. The molecule has 0 aromatic rings. The molecule has 1 aliphatic carbocycles. The molecular formula is C13H25N3O2S. The lowest BCUT2D eigenvalue weighted by molar-refractivity contribution is -0.123. The minimum absolute atomic E-state index is 0.00713. The first-order chi connectivity index (χ1) is 9.02. The van der Waals surface area contributed by atoms with Crippen LogP contribution >= 0.6 is 12.2 Å². The predicted molar refractivity (Wildman–Crippen MR) is 80.1 cm³/mol. The van der Waals surface area contributed by atoms with E-state index in [9.17, 15) is 4.79 Å². The van der Waals surface area contributed by atoms with Gasteiger partial charge >= 0.3 is 0 Å². The maximum Gasteiger partial charge on any atom is 0.234 e. The second kappa shape index (κ2) is 8.45. The molecule has 1 aliphatic rings. The molecule has 110 valence electrons. The highest BCUT2D eigenvalue weighted by atomic mass is 32.1. The van der Waals surface area contributed by atoms with Crippen LogP contribution in [0.25, 0.3) is 0 Å². The number of nitrogens with two attached hydrogens (primary N) is 1. The molecule has 19 heavy (non-hydrogen) atoms. The zero-order valence-corrected chi connectivity index (χ0v) is 12.7. The van der Waals surface area contributed by atoms with Gasteiger partial charge in [0.1, 0.15) is 0 Å². The first-order valence-corrected chi connectivity index (χ1v) is 7.24. The van der Waals surface area contributed by atoms with Gasteiger partial charge in [-0.25, -0.2) is 0 Å². The summed E-state index contributed by atoms with van der Waals surface area (Å²) >= 11 is 4.97. The molecule has 0 aromatic carbocycles. The molecular weight excluding hydrogens is 262 g/mol. The van der Waals surface area contributed by atoms with E-state index < -0.39 is 0 Å². The summed E-state index contributed by atoms with van der Waals surface area (Å²) in [6, 6.07) is 0.456. The molecule has 6 heteroatoms. The fourth-order valence-electron chi connectivity index (χ4n) is 2.58. The highest BCUT2D eigenvalue weighted by Gasteiger charge is 2.25. The van der Waals surface area contributed by atoms with E-state index in [0.717, 1.165) is 12.8 Å². The van der Waals surface area contributed by atoms with Crippen molar-refractivity contribution in [2.75, 3.05) is 26.8 Å². The number of carbonyl (C=O) groups excluding carboxylic acids is 1. The average molecular weight is 287 g/mol. The number of ether oxygens (including phenoxy) is 1. The monoisotopic (exact) mass is 287 g/mol. The van der Waals surface area contributed by atoms with E-state index in [1.54, 1.807) is 7.11 Å². The smallest absolute Gasteiger partial charge is 0.234 e. The number of hydrogen-bond acceptors (Lipinski definition) is 4. The maximum atomic E-state index is 12.0. The minimum Gasteiger partial charge on any atom is -0.392 e. The Labute approximate surface area is 120 Å². The van der Waals surface area contributed by atoms with Gasteiger partial charge in [0, 0.05) is 25.7 Å². The van der Waals surface area contributed by atoms with Crippen LogP contribution in [0.5, 0.6) is 0 Å². The van der Waals surface area contributed by atoms with Gasteiger partial charge in [-0.3, -0.25) is 9.69 Å². The van der Waals surface area contributed by atoms with Crippen molar-refractivity contribution < 1.29 is 9.53 Å². The van der Waals surface area contributed by atoms with E-state index >= 15 is 0 Å². The number of carbonyl (C=O) groups is 1. The van der Waals surface area contributed by atoms with E-state index in [1.807, 2.05) is 6.92 Å².